The van der Waals surface area contributed by atoms with Gasteiger partial charge >= 0.3 is 0 Å². The van der Waals surface area contributed by atoms with Crippen LogP contribution in [0, 0.1) is 0 Å². The van der Waals surface area contributed by atoms with E-state index in [9.17, 15) is 4.79 Å². The van der Waals surface area contributed by atoms with Crippen molar-refractivity contribution in [2.24, 2.45) is 0 Å². The SMILES string of the molecule is CCc1nc(NC2CCCNCC2)cc(=O)[nH]1. The van der Waals surface area contributed by atoms with Crippen LogP contribution in [0.1, 0.15) is 32.0 Å². The van der Waals surface area contributed by atoms with Gasteiger partial charge in [-0.15, -0.1) is 0 Å². The maximum Gasteiger partial charge on any atom is 0.252 e. The molecule has 1 saturated heterocycles. The maximum atomic E-state index is 11.4. The van der Waals surface area contributed by atoms with Gasteiger partial charge in [-0.3, -0.25) is 4.79 Å². The Kier molecular flexibility index (Phi) is 4.14. The Morgan fingerprint density at radius 2 is 2.35 bits per heavy atom. The van der Waals surface area contributed by atoms with Gasteiger partial charge in [-0.1, -0.05) is 6.92 Å². The van der Waals surface area contributed by atoms with Crippen LogP contribution in [0.3, 0.4) is 0 Å². The standard InChI is InChI=1S/C12H20N4O/c1-2-10-15-11(8-12(17)16-10)14-9-4-3-6-13-7-5-9/h8-9,13H,2-7H2,1H3,(H2,14,15,16,17). The summed E-state index contributed by atoms with van der Waals surface area (Å²) in [5.41, 5.74) is -0.0777. The van der Waals surface area contributed by atoms with Gasteiger partial charge in [-0.05, 0) is 32.4 Å². The van der Waals surface area contributed by atoms with Crippen LogP contribution in [-0.4, -0.2) is 29.1 Å². The molecule has 1 unspecified atom stereocenters. The minimum Gasteiger partial charge on any atom is -0.367 e. The molecule has 94 valence electrons. The fourth-order valence-electron chi connectivity index (χ4n) is 2.12. The van der Waals surface area contributed by atoms with Gasteiger partial charge in [0.1, 0.15) is 11.6 Å². The molecule has 1 fully saturated rings. The predicted octanol–water partition coefficient (Wildman–Crippen LogP) is 0.886. The first kappa shape index (κ1) is 12.1. The summed E-state index contributed by atoms with van der Waals surface area (Å²) < 4.78 is 0. The van der Waals surface area contributed by atoms with Crippen LogP contribution in [0.15, 0.2) is 10.9 Å². The van der Waals surface area contributed by atoms with E-state index in [1.54, 1.807) is 0 Å². The van der Waals surface area contributed by atoms with Crippen LogP contribution in [-0.2, 0) is 6.42 Å². The second-order valence-electron chi connectivity index (χ2n) is 4.45. The number of aromatic nitrogens is 2. The maximum absolute atomic E-state index is 11.4. The average Bonchev–Trinajstić information content (AvgIpc) is 2.57. The van der Waals surface area contributed by atoms with Crippen molar-refractivity contribution in [2.75, 3.05) is 18.4 Å². The normalized spacial score (nSPS) is 20.9. The first-order valence-corrected chi connectivity index (χ1v) is 6.35. The fraction of sp³-hybridized carbons (Fsp3) is 0.667. The van der Waals surface area contributed by atoms with E-state index >= 15 is 0 Å². The minimum absolute atomic E-state index is 0.0777. The molecule has 0 aliphatic carbocycles. The van der Waals surface area contributed by atoms with E-state index in [4.69, 9.17) is 0 Å². The van der Waals surface area contributed by atoms with Crippen molar-refractivity contribution < 1.29 is 0 Å². The van der Waals surface area contributed by atoms with Gasteiger partial charge in [0, 0.05) is 18.5 Å². The zero-order valence-corrected chi connectivity index (χ0v) is 10.3. The van der Waals surface area contributed by atoms with Gasteiger partial charge < -0.3 is 15.6 Å². The third-order valence-electron chi connectivity index (χ3n) is 3.05. The van der Waals surface area contributed by atoms with Gasteiger partial charge in [-0.2, -0.15) is 0 Å². The molecule has 0 aromatic carbocycles. The van der Waals surface area contributed by atoms with Crippen molar-refractivity contribution in [1.29, 1.82) is 0 Å². The molecule has 1 aromatic heterocycles. The number of aromatic amines is 1. The minimum atomic E-state index is -0.0777. The summed E-state index contributed by atoms with van der Waals surface area (Å²) in [7, 11) is 0. The molecule has 0 spiro atoms. The third-order valence-corrected chi connectivity index (χ3v) is 3.05. The molecule has 5 heteroatoms. The highest BCUT2D eigenvalue weighted by atomic mass is 16.1. The predicted molar refractivity (Wildman–Crippen MR) is 68.4 cm³/mol. The molecule has 0 saturated carbocycles. The largest absolute Gasteiger partial charge is 0.367 e. The smallest absolute Gasteiger partial charge is 0.252 e. The summed E-state index contributed by atoms with van der Waals surface area (Å²) >= 11 is 0. The van der Waals surface area contributed by atoms with Crippen LogP contribution in [0.4, 0.5) is 5.82 Å². The van der Waals surface area contributed by atoms with Crippen LogP contribution < -0.4 is 16.2 Å². The van der Waals surface area contributed by atoms with Crippen molar-refractivity contribution in [3.63, 3.8) is 0 Å². The van der Waals surface area contributed by atoms with Crippen molar-refractivity contribution in [2.45, 2.75) is 38.6 Å². The lowest BCUT2D eigenvalue weighted by atomic mass is 10.1. The summed E-state index contributed by atoms with van der Waals surface area (Å²) in [6, 6.07) is 1.96. The molecule has 3 N–H and O–H groups in total. The summed E-state index contributed by atoms with van der Waals surface area (Å²) in [5, 5.41) is 6.73. The second kappa shape index (κ2) is 5.82. The van der Waals surface area contributed by atoms with Crippen molar-refractivity contribution in [1.82, 2.24) is 15.3 Å². The number of hydrogen-bond donors (Lipinski definition) is 3. The van der Waals surface area contributed by atoms with Crippen molar-refractivity contribution >= 4 is 5.82 Å². The number of hydrogen-bond acceptors (Lipinski definition) is 4. The Hall–Kier alpha value is -1.36. The van der Waals surface area contributed by atoms with Gasteiger partial charge in [0.25, 0.3) is 5.56 Å². The first-order valence-electron chi connectivity index (χ1n) is 6.35. The lowest BCUT2D eigenvalue weighted by Gasteiger charge is -2.16. The number of H-pyrrole nitrogens is 1. The van der Waals surface area contributed by atoms with E-state index in [1.165, 1.54) is 12.5 Å². The Balaban J connectivity index is 2.06. The van der Waals surface area contributed by atoms with Gasteiger partial charge in [0.15, 0.2) is 0 Å². The lowest BCUT2D eigenvalue weighted by Crippen LogP contribution is -2.23. The lowest BCUT2D eigenvalue weighted by molar-refractivity contribution is 0.633. The summed E-state index contributed by atoms with van der Waals surface area (Å²) in [6.07, 6.45) is 4.12. The fourth-order valence-corrected chi connectivity index (χ4v) is 2.12. The van der Waals surface area contributed by atoms with Crippen LogP contribution in [0.5, 0.6) is 0 Å². The van der Waals surface area contributed by atoms with E-state index in [2.05, 4.69) is 20.6 Å². The molecule has 1 atom stereocenters. The molecule has 0 bridgehead atoms. The second-order valence-corrected chi connectivity index (χ2v) is 4.45. The highest BCUT2D eigenvalue weighted by Crippen LogP contribution is 2.11. The van der Waals surface area contributed by atoms with Gasteiger partial charge in [0.2, 0.25) is 0 Å². The molecular formula is C12H20N4O. The van der Waals surface area contributed by atoms with Crippen LogP contribution in [0.2, 0.25) is 0 Å². The Morgan fingerprint density at radius 3 is 3.18 bits per heavy atom. The first-order chi connectivity index (χ1) is 8.28. The number of rotatable bonds is 3. The number of aryl methyl sites for hydroxylation is 1. The molecule has 0 amide bonds. The van der Waals surface area contributed by atoms with E-state index in [1.807, 2.05) is 6.92 Å². The Morgan fingerprint density at radius 1 is 1.47 bits per heavy atom. The molecule has 1 aliphatic rings. The monoisotopic (exact) mass is 236 g/mol. The van der Waals surface area contributed by atoms with E-state index < -0.39 is 0 Å². The highest BCUT2D eigenvalue weighted by Gasteiger charge is 2.12. The molecule has 2 heterocycles. The molecule has 1 aliphatic heterocycles. The number of nitrogens with zero attached hydrogens (tertiary/aromatic N) is 1. The summed E-state index contributed by atoms with van der Waals surface area (Å²) in [4.78, 5) is 18.5. The van der Waals surface area contributed by atoms with Gasteiger partial charge in [-0.25, -0.2) is 4.98 Å². The topological polar surface area (TPSA) is 69.8 Å². The zero-order valence-electron chi connectivity index (χ0n) is 10.3. The highest BCUT2D eigenvalue weighted by molar-refractivity contribution is 5.34. The number of nitrogens with one attached hydrogen (secondary N) is 3. The average molecular weight is 236 g/mol. The third kappa shape index (κ3) is 3.56. The van der Waals surface area contributed by atoms with Gasteiger partial charge in [0.05, 0.1) is 0 Å². The van der Waals surface area contributed by atoms with Crippen molar-refractivity contribution in [3.05, 3.63) is 22.2 Å². The van der Waals surface area contributed by atoms with Crippen LogP contribution in [0.25, 0.3) is 0 Å². The Labute approximate surface area is 101 Å². The molecule has 17 heavy (non-hydrogen) atoms. The molecule has 5 nitrogen and oxygen atoms in total. The summed E-state index contributed by atoms with van der Waals surface area (Å²) in [5.74, 6) is 1.45. The van der Waals surface area contributed by atoms with E-state index in [-0.39, 0.29) is 5.56 Å². The summed E-state index contributed by atoms with van der Waals surface area (Å²) in [6.45, 7) is 4.10. The quantitative estimate of drug-likeness (QED) is 0.729. The molecule has 2 rings (SSSR count). The molecular weight excluding hydrogens is 216 g/mol. The van der Waals surface area contributed by atoms with E-state index in [0.717, 1.165) is 38.2 Å². The molecule has 1 aromatic rings. The van der Waals surface area contributed by atoms with E-state index in [0.29, 0.717) is 11.9 Å². The zero-order chi connectivity index (χ0) is 12.1. The van der Waals surface area contributed by atoms with Crippen molar-refractivity contribution in [3.8, 4) is 0 Å². The number of anilines is 1. The van der Waals surface area contributed by atoms with Crippen LogP contribution >= 0.6 is 0 Å². The Bertz CT molecular complexity index is 407. The molecule has 0 radical (unpaired) electrons.